The van der Waals surface area contributed by atoms with Gasteiger partial charge in [-0.15, -0.1) is 11.3 Å². The molecule has 0 saturated heterocycles. The molecule has 0 aliphatic heterocycles. The minimum absolute atomic E-state index is 0.0688. The van der Waals surface area contributed by atoms with Crippen LogP contribution in [0.1, 0.15) is 63.3 Å². The van der Waals surface area contributed by atoms with Crippen molar-refractivity contribution in [3.8, 4) is 0 Å². The fourth-order valence-electron chi connectivity index (χ4n) is 3.92. The molecule has 3 aromatic rings. The van der Waals surface area contributed by atoms with Gasteiger partial charge in [-0.25, -0.2) is 0 Å². The molecule has 1 heterocycles. The van der Waals surface area contributed by atoms with Crippen LogP contribution in [0.25, 0.3) is 0 Å². The molecule has 2 amide bonds. The highest BCUT2D eigenvalue weighted by molar-refractivity contribution is 7.10. The van der Waals surface area contributed by atoms with Crippen molar-refractivity contribution < 1.29 is 9.59 Å². The zero-order valence-electron chi connectivity index (χ0n) is 17.1. The van der Waals surface area contributed by atoms with E-state index >= 15 is 0 Å². The first kappa shape index (κ1) is 20.4. The molecule has 2 aromatic carbocycles. The van der Waals surface area contributed by atoms with Gasteiger partial charge in [0.15, 0.2) is 0 Å². The Hall–Kier alpha value is -2.92. The molecule has 0 saturated carbocycles. The van der Waals surface area contributed by atoms with Gasteiger partial charge in [0, 0.05) is 23.9 Å². The molecule has 0 radical (unpaired) electrons. The number of fused-ring (bicyclic) bond motifs is 1. The summed E-state index contributed by atoms with van der Waals surface area (Å²) in [5.74, 6) is -0.169. The van der Waals surface area contributed by atoms with Gasteiger partial charge in [0.2, 0.25) is 5.91 Å². The number of hydrogen-bond acceptors (Lipinski definition) is 3. The first-order valence-corrected chi connectivity index (χ1v) is 11.3. The molecule has 0 fully saturated rings. The summed E-state index contributed by atoms with van der Waals surface area (Å²) in [5.41, 5.74) is 5.56. The Morgan fingerprint density at radius 1 is 1.00 bits per heavy atom. The summed E-state index contributed by atoms with van der Waals surface area (Å²) in [5, 5.41) is 8.05. The van der Waals surface area contributed by atoms with Crippen molar-refractivity contribution in [2.75, 3.05) is 0 Å². The number of amides is 2. The highest BCUT2D eigenvalue weighted by atomic mass is 32.1. The fraction of sp³-hybridized carbons (Fsp3) is 0.280. The van der Waals surface area contributed by atoms with Gasteiger partial charge in [0.25, 0.3) is 5.91 Å². The van der Waals surface area contributed by atoms with Crippen molar-refractivity contribution in [1.82, 2.24) is 10.6 Å². The maximum atomic E-state index is 13.0. The summed E-state index contributed by atoms with van der Waals surface area (Å²) in [6.07, 6.45) is 4.76. The van der Waals surface area contributed by atoms with Gasteiger partial charge < -0.3 is 10.6 Å². The monoisotopic (exact) mass is 418 g/mol. The number of benzene rings is 2. The first-order valence-electron chi connectivity index (χ1n) is 10.4. The number of aryl methyl sites for hydroxylation is 2. The van der Waals surface area contributed by atoms with E-state index in [1.165, 1.54) is 30.9 Å². The van der Waals surface area contributed by atoms with Gasteiger partial charge >= 0.3 is 0 Å². The van der Waals surface area contributed by atoms with Crippen LogP contribution in [0.3, 0.4) is 0 Å². The molecule has 30 heavy (non-hydrogen) atoms. The Labute approximate surface area is 181 Å². The first-order chi connectivity index (χ1) is 14.6. The second kappa shape index (κ2) is 9.26. The lowest BCUT2D eigenvalue weighted by Gasteiger charge is -2.22. The maximum absolute atomic E-state index is 13.0. The average Bonchev–Trinajstić information content (AvgIpc) is 3.30. The number of carbonyl (C=O) groups is 2. The summed E-state index contributed by atoms with van der Waals surface area (Å²) in [7, 11) is 0. The second-order valence-electron chi connectivity index (χ2n) is 7.76. The third kappa shape index (κ3) is 4.79. The standard InChI is InChI=1S/C25H26N2O2S/c1-17(28)26-16-18-8-10-20(11-9-18)25(29)27-24(23-7-4-14-30-23)22-13-12-19-5-2-3-6-21(19)15-22/h4,7-15,24H,2-3,5-6,16H2,1H3,(H,26,28)(H,27,29). The van der Waals surface area contributed by atoms with Crippen molar-refractivity contribution in [3.05, 3.63) is 92.7 Å². The van der Waals surface area contributed by atoms with Gasteiger partial charge in [-0.05, 0) is 71.5 Å². The van der Waals surface area contributed by atoms with E-state index in [9.17, 15) is 9.59 Å². The van der Waals surface area contributed by atoms with Gasteiger partial charge in [-0.3, -0.25) is 9.59 Å². The molecule has 2 N–H and O–H groups in total. The van der Waals surface area contributed by atoms with E-state index in [0.29, 0.717) is 12.1 Å². The summed E-state index contributed by atoms with van der Waals surface area (Å²) < 4.78 is 0. The van der Waals surface area contributed by atoms with Gasteiger partial charge in [-0.1, -0.05) is 36.4 Å². The van der Waals surface area contributed by atoms with Gasteiger partial charge in [0.1, 0.15) is 0 Å². The van der Waals surface area contributed by atoms with Gasteiger partial charge in [0.05, 0.1) is 6.04 Å². The van der Waals surface area contributed by atoms with Crippen molar-refractivity contribution in [1.29, 1.82) is 0 Å². The predicted octanol–water partition coefficient (Wildman–Crippen LogP) is 4.78. The Morgan fingerprint density at radius 2 is 1.77 bits per heavy atom. The van der Waals surface area contributed by atoms with Crippen LogP contribution in [0.2, 0.25) is 0 Å². The summed E-state index contributed by atoms with van der Waals surface area (Å²) in [6, 6.07) is 18.0. The van der Waals surface area contributed by atoms with E-state index in [2.05, 4.69) is 34.9 Å². The number of hydrogen-bond donors (Lipinski definition) is 2. The largest absolute Gasteiger partial charge is 0.352 e. The summed E-state index contributed by atoms with van der Waals surface area (Å²) in [4.78, 5) is 25.2. The molecule has 1 atom stereocenters. The van der Waals surface area contributed by atoms with Crippen LogP contribution >= 0.6 is 11.3 Å². The zero-order valence-corrected chi connectivity index (χ0v) is 17.9. The summed E-state index contributed by atoms with van der Waals surface area (Å²) in [6.45, 7) is 1.96. The highest BCUT2D eigenvalue weighted by Crippen LogP contribution is 2.30. The topological polar surface area (TPSA) is 58.2 Å². The number of thiophene rings is 1. The molecule has 4 rings (SSSR count). The molecule has 0 spiro atoms. The Balaban J connectivity index is 1.54. The highest BCUT2D eigenvalue weighted by Gasteiger charge is 2.21. The molecule has 4 nitrogen and oxygen atoms in total. The van der Waals surface area contributed by atoms with E-state index in [4.69, 9.17) is 0 Å². The average molecular weight is 419 g/mol. The second-order valence-corrected chi connectivity index (χ2v) is 8.74. The van der Waals surface area contributed by atoms with Crippen LogP contribution in [-0.4, -0.2) is 11.8 Å². The van der Waals surface area contributed by atoms with Crippen LogP contribution in [0, 0.1) is 0 Å². The number of nitrogens with one attached hydrogen (secondary N) is 2. The van der Waals surface area contributed by atoms with Crippen molar-refractivity contribution in [3.63, 3.8) is 0 Å². The van der Waals surface area contributed by atoms with E-state index in [0.717, 1.165) is 28.8 Å². The maximum Gasteiger partial charge on any atom is 0.252 e. The lowest BCUT2D eigenvalue weighted by Crippen LogP contribution is -2.29. The van der Waals surface area contributed by atoms with E-state index in [1.807, 2.05) is 35.7 Å². The Morgan fingerprint density at radius 3 is 2.47 bits per heavy atom. The molecule has 1 unspecified atom stereocenters. The van der Waals surface area contributed by atoms with Crippen LogP contribution in [0.15, 0.2) is 60.0 Å². The minimum atomic E-state index is -0.163. The smallest absolute Gasteiger partial charge is 0.252 e. The predicted molar refractivity (Wildman–Crippen MR) is 121 cm³/mol. The minimum Gasteiger partial charge on any atom is -0.352 e. The molecule has 1 aliphatic rings. The molecule has 154 valence electrons. The lowest BCUT2D eigenvalue weighted by molar-refractivity contribution is -0.119. The van der Waals surface area contributed by atoms with Crippen molar-refractivity contribution in [2.24, 2.45) is 0 Å². The summed E-state index contributed by atoms with van der Waals surface area (Å²) >= 11 is 1.66. The van der Waals surface area contributed by atoms with Crippen molar-refractivity contribution >= 4 is 23.2 Å². The van der Waals surface area contributed by atoms with Crippen LogP contribution in [0.4, 0.5) is 0 Å². The third-order valence-electron chi connectivity index (χ3n) is 5.57. The molecular weight excluding hydrogens is 392 g/mol. The SMILES string of the molecule is CC(=O)NCc1ccc(C(=O)NC(c2ccc3c(c2)CCCC3)c2cccs2)cc1. The molecule has 1 aromatic heterocycles. The van der Waals surface area contributed by atoms with Gasteiger partial charge in [-0.2, -0.15) is 0 Å². The number of carbonyl (C=O) groups excluding carboxylic acids is 2. The quantitative estimate of drug-likeness (QED) is 0.605. The third-order valence-corrected chi connectivity index (χ3v) is 6.50. The number of rotatable bonds is 6. The van der Waals surface area contributed by atoms with Crippen LogP contribution in [0.5, 0.6) is 0 Å². The normalized spacial score (nSPS) is 13.9. The van der Waals surface area contributed by atoms with E-state index in [-0.39, 0.29) is 17.9 Å². The molecule has 5 heteroatoms. The lowest BCUT2D eigenvalue weighted by atomic mass is 9.89. The molecule has 0 bridgehead atoms. The molecular formula is C25H26N2O2S. The van der Waals surface area contributed by atoms with E-state index in [1.54, 1.807) is 11.3 Å². The fourth-order valence-corrected chi connectivity index (χ4v) is 4.72. The van der Waals surface area contributed by atoms with Crippen LogP contribution in [-0.2, 0) is 24.2 Å². The Bertz CT molecular complexity index is 1030. The zero-order chi connectivity index (χ0) is 20.9. The Kier molecular flexibility index (Phi) is 6.29. The van der Waals surface area contributed by atoms with E-state index < -0.39 is 0 Å². The van der Waals surface area contributed by atoms with Crippen LogP contribution < -0.4 is 10.6 Å². The van der Waals surface area contributed by atoms with Crippen molar-refractivity contribution in [2.45, 2.75) is 45.2 Å². The molecule has 1 aliphatic carbocycles.